The third-order valence-corrected chi connectivity index (χ3v) is 5.18. The van der Waals surface area contributed by atoms with Gasteiger partial charge in [0.15, 0.2) is 6.23 Å². The monoisotopic (exact) mass is 423 g/mol. The van der Waals surface area contributed by atoms with Crippen LogP contribution in [0.15, 0.2) is 24.3 Å². The van der Waals surface area contributed by atoms with E-state index in [1.807, 2.05) is 25.7 Å². The maximum atomic E-state index is 13.2. The molecule has 2 heterocycles. The first-order valence-electron chi connectivity index (χ1n) is 10.2. The van der Waals surface area contributed by atoms with Gasteiger partial charge in [-0.1, -0.05) is 0 Å². The number of rotatable bonds is 5. The third-order valence-electron chi connectivity index (χ3n) is 5.18. The molecule has 9 heteroatoms. The SMILES string of the molecule is CC(C)(C)OC(=O)N1CCOC[C@H]1C(OC=O)N1CCN(c2ccc(F)cc2)CC1. The van der Waals surface area contributed by atoms with Gasteiger partial charge in [-0.3, -0.25) is 14.6 Å². The molecule has 0 N–H and O–H groups in total. The van der Waals surface area contributed by atoms with E-state index in [2.05, 4.69) is 4.90 Å². The lowest BCUT2D eigenvalue weighted by Gasteiger charge is -2.45. The Labute approximate surface area is 176 Å². The van der Waals surface area contributed by atoms with Crippen LogP contribution >= 0.6 is 0 Å². The smallest absolute Gasteiger partial charge is 0.410 e. The summed E-state index contributed by atoms with van der Waals surface area (Å²) in [4.78, 5) is 29.8. The number of nitrogens with zero attached hydrogens (tertiary/aromatic N) is 3. The van der Waals surface area contributed by atoms with Crippen LogP contribution in [0.5, 0.6) is 0 Å². The van der Waals surface area contributed by atoms with Crippen molar-refractivity contribution in [2.45, 2.75) is 38.6 Å². The van der Waals surface area contributed by atoms with Gasteiger partial charge in [0, 0.05) is 38.4 Å². The van der Waals surface area contributed by atoms with Crippen molar-refractivity contribution in [3.05, 3.63) is 30.1 Å². The number of carbonyl (C=O) groups excluding carboxylic acids is 2. The van der Waals surface area contributed by atoms with Crippen molar-refractivity contribution in [1.82, 2.24) is 9.80 Å². The predicted octanol–water partition coefficient (Wildman–Crippen LogP) is 2.08. The Hall–Kier alpha value is -2.39. The van der Waals surface area contributed by atoms with Crippen LogP contribution in [-0.2, 0) is 19.0 Å². The molecular formula is C21H30FN3O5. The number of piperazine rings is 1. The summed E-state index contributed by atoms with van der Waals surface area (Å²) >= 11 is 0. The second-order valence-corrected chi connectivity index (χ2v) is 8.44. The van der Waals surface area contributed by atoms with Crippen molar-refractivity contribution >= 4 is 18.3 Å². The molecule has 1 aromatic carbocycles. The van der Waals surface area contributed by atoms with Gasteiger partial charge in [-0.25, -0.2) is 9.18 Å². The first-order valence-corrected chi connectivity index (χ1v) is 10.2. The molecule has 1 amide bonds. The Morgan fingerprint density at radius 1 is 1.17 bits per heavy atom. The molecule has 0 spiro atoms. The minimum Gasteiger partial charge on any atom is -0.446 e. The van der Waals surface area contributed by atoms with E-state index in [9.17, 15) is 14.0 Å². The summed E-state index contributed by atoms with van der Waals surface area (Å²) in [6.45, 7) is 9.50. The van der Waals surface area contributed by atoms with Gasteiger partial charge in [0.05, 0.1) is 13.2 Å². The topological polar surface area (TPSA) is 71.5 Å². The number of hydrogen-bond acceptors (Lipinski definition) is 7. The molecule has 2 saturated heterocycles. The number of benzene rings is 1. The van der Waals surface area contributed by atoms with Crippen LogP contribution in [0.4, 0.5) is 14.9 Å². The fraction of sp³-hybridized carbons (Fsp3) is 0.619. The predicted molar refractivity (Wildman–Crippen MR) is 109 cm³/mol. The lowest BCUT2D eigenvalue weighted by atomic mass is 10.1. The van der Waals surface area contributed by atoms with Crippen LogP contribution < -0.4 is 4.90 Å². The number of amides is 1. The number of morpholine rings is 1. The van der Waals surface area contributed by atoms with Crippen molar-refractivity contribution < 1.29 is 28.2 Å². The van der Waals surface area contributed by atoms with Crippen LogP contribution in [0.25, 0.3) is 0 Å². The molecule has 30 heavy (non-hydrogen) atoms. The van der Waals surface area contributed by atoms with E-state index >= 15 is 0 Å². The zero-order chi connectivity index (χ0) is 21.7. The molecule has 1 aromatic rings. The largest absolute Gasteiger partial charge is 0.446 e. The molecule has 0 radical (unpaired) electrons. The van der Waals surface area contributed by atoms with E-state index in [0.717, 1.165) is 5.69 Å². The lowest BCUT2D eigenvalue weighted by Crippen LogP contribution is -2.63. The lowest BCUT2D eigenvalue weighted by molar-refractivity contribution is -0.161. The molecule has 0 saturated carbocycles. The molecule has 2 aliphatic heterocycles. The van der Waals surface area contributed by atoms with Crippen LogP contribution in [-0.4, -0.2) is 86.2 Å². The highest BCUT2D eigenvalue weighted by molar-refractivity contribution is 5.69. The highest BCUT2D eigenvalue weighted by Gasteiger charge is 2.40. The molecular weight excluding hydrogens is 393 g/mol. The number of anilines is 1. The maximum Gasteiger partial charge on any atom is 0.410 e. The van der Waals surface area contributed by atoms with E-state index in [1.165, 1.54) is 12.1 Å². The molecule has 0 aromatic heterocycles. The molecule has 0 aliphatic carbocycles. The number of hydrogen-bond donors (Lipinski definition) is 0. The minimum atomic E-state index is -0.634. The maximum absolute atomic E-state index is 13.2. The van der Waals surface area contributed by atoms with Crippen molar-refractivity contribution in [3.8, 4) is 0 Å². The van der Waals surface area contributed by atoms with Gasteiger partial charge in [-0.05, 0) is 45.0 Å². The molecule has 2 aliphatic rings. The summed E-state index contributed by atoms with van der Waals surface area (Å²) in [6.07, 6.45) is -1.08. The van der Waals surface area contributed by atoms with Crippen molar-refractivity contribution in [2.24, 2.45) is 0 Å². The second kappa shape index (κ2) is 9.61. The molecule has 2 fully saturated rings. The van der Waals surface area contributed by atoms with Gasteiger partial charge >= 0.3 is 6.09 Å². The summed E-state index contributed by atoms with van der Waals surface area (Å²) in [5, 5.41) is 0. The van der Waals surface area contributed by atoms with E-state index in [-0.39, 0.29) is 12.4 Å². The number of carbonyl (C=O) groups is 2. The van der Waals surface area contributed by atoms with Gasteiger partial charge < -0.3 is 19.1 Å². The molecule has 1 unspecified atom stereocenters. The van der Waals surface area contributed by atoms with Crippen LogP contribution in [0.2, 0.25) is 0 Å². The fourth-order valence-electron chi connectivity index (χ4n) is 3.77. The summed E-state index contributed by atoms with van der Waals surface area (Å²) in [6, 6.07) is 5.93. The van der Waals surface area contributed by atoms with E-state index in [1.54, 1.807) is 17.0 Å². The highest BCUT2D eigenvalue weighted by Crippen LogP contribution is 2.23. The van der Waals surface area contributed by atoms with Crippen LogP contribution in [0, 0.1) is 5.82 Å². The van der Waals surface area contributed by atoms with Crippen molar-refractivity contribution in [3.63, 3.8) is 0 Å². The van der Waals surface area contributed by atoms with E-state index in [4.69, 9.17) is 14.2 Å². The normalized spacial score (nSPS) is 21.8. The number of halogens is 1. The zero-order valence-electron chi connectivity index (χ0n) is 17.8. The van der Waals surface area contributed by atoms with Crippen LogP contribution in [0.3, 0.4) is 0 Å². The minimum absolute atomic E-state index is 0.260. The third kappa shape index (κ3) is 5.60. The molecule has 166 valence electrons. The zero-order valence-corrected chi connectivity index (χ0v) is 17.8. The Bertz CT molecular complexity index is 716. The van der Waals surface area contributed by atoms with Crippen molar-refractivity contribution in [1.29, 1.82) is 0 Å². The van der Waals surface area contributed by atoms with Gasteiger partial charge in [-0.2, -0.15) is 0 Å². The average molecular weight is 423 g/mol. The Morgan fingerprint density at radius 2 is 1.83 bits per heavy atom. The fourth-order valence-corrected chi connectivity index (χ4v) is 3.77. The molecule has 2 atom stereocenters. The Morgan fingerprint density at radius 3 is 2.43 bits per heavy atom. The van der Waals surface area contributed by atoms with E-state index in [0.29, 0.717) is 45.8 Å². The standard InChI is InChI=1S/C21H30FN3O5/c1-21(2,3)30-20(27)25-12-13-28-14-18(25)19(29-15-26)24-10-8-23(9-11-24)17-6-4-16(22)5-7-17/h4-7,15,18-19H,8-14H2,1-3H3/t18-,19?/m0/s1. The summed E-state index contributed by atoms with van der Waals surface area (Å²) in [5.41, 5.74) is 0.321. The van der Waals surface area contributed by atoms with Gasteiger partial charge in [0.1, 0.15) is 17.5 Å². The summed E-state index contributed by atoms with van der Waals surface area (Å²) < 4.78 is 29.8. The van der Waals surface area contributed by atoms with Gasteiger partial charge in [-0.15, -0.1) is 0 Å². The summed E-state index contributed by atoms with van der Waals surface area (Å²) in [5.74, 6) is -0.267. The van der Waals surface area contributed by atoms with Gasteiger partial charge in [0.2, 0.25) is 0 Å². The van der Waals surface area contributed by atoms with Gasteiger partial charge in [0.25, 0.3) is 6.47 Å². The molecule has 0 bridgehead atoms. The molecule has 3 rings (SSSR count). The van der Waals surface area contributed by atoms with Crippen LogP contribution in [0.1, 0.15) is 20.8 Å². The Balaban J connectivity index is 1.68. The van der Waals surface area contributed by atoms with Crippen molar-refractivity contribution in [2.75, 3.05) is 50.8 Å². The second-order valence-electron chi connectivity index (χ2n) is 8.44. The average Bonchev–Trinajstić information content (AvgIpc) is 2.72. The number of ether oxygens (including phenoxy) is 3. The molecule has 8 nitrogen and oxygen atoms in total. The highest BCUT2D eigenvalue weighted by atomic mass is 19.1. The Kier molecular flexibility index (Phi) is 7.14. The first kappa shape index (κ1) is 22.3. The van der Waals surface area contributed by atoms with E-state index < -0.39 is 24.0 Å². The quantitative estimate of drug-likeness (QED) is 0.672. The first-order chi connectivity index (χ1) is 14.3. The summed E-state index contributed by atoms with van der Waals surface area (Å²) in [7, 11) is 0.